The van der Waals surface area contributed by atoms with Crippen molar-refractivity contribution in [3.8, 4) is 5.75 Å². The van der Waals surface area contributed by atoms with Gasteiger partial charge in [0.15, 0.2) is 6.10 Å². The van der Waals surface area contributed by atoms with E-state index in [0.29, 0.717) is 12.0 Å². The summed E-state index contributed by atoms with van der Waals surface area (Å²) in [6.45, 7) is 0. The van der Waals surface area contributed by atoms with Gasteiger partial charge in [-0.25, -0.2) is 4.79 Å². The van der Waals surface area contributed by atoms with Crippen LogP contribution in [0.1, 0.15) is 28.4 Å². The second kappa shape index (κ2) is 6.70. The summed E-state index contributed by atoms with van der Waals surface area (Å²) in [5, 5.41) is 0. The first-order valence-electron chi connectivity index (χ1n) is 7.62. The van der Waals surface area contributed by atoms with Crippen molar-refractivity contribution in [2.24, 2.45) is 0 Å². The van der Waals surface area contributed by atoms with Gasteiger partial charge in [0.2, 0.25) is 0 Å². The van der Waals surface area contributed by atoms with E-state index in [4.69, 9.17) is 9.47 Å². The Morgan fingerprint density at radius 2 is 1.83 bits per heavy atom. The number of benzene rings is 1. The molecule has 1 aliphatic rings. The third-order valence-corrected chi connectivity index (χ3v) is 4.19. The maximum absolute atomic E-state index is 12.4. The van der Waals surface area contributed by atoms with Gasteiger partial charge in [-0.15, -0.1) is 0 Å². The standard InChI is InChI=1S/C18H18N2O4/c1-20-15(12-3-5-14(23-2)6-4-12)11-16(17(20)21)24-18(22)13-7-9-19-10-8-13/h3-10,15-16H,11H2,1-2H3/t15-,16-/m0/s1. The Morgan fingerprint density at radius 1 is 1.17 bits per heavy atom. The fourth-order valence-electron chi connectivity index (χ4n) is 2.81. The number of likely N-dealkylation sites (tertiary alicyclic amines) is 1. The normalized spacial score (nSPS) is 20.1. The second-order valence-electron chi connectivity index (χ2n) is 5.60. The molecule has 6 heteroatoms. The lowest BCUT2D eigenvalue weighted by Gasteiger charge is -2.19. The summed E-state index contributed by atoms with van der Waals surface area (Å²) in [5.41, 5.74) is 1.36. The van der Waals surface area contributed by atoms with Crippen molar-refractivity contribution >= 4 is 11.9 Å². The quantitative estimate of drug-likeness (QED) is 0.806. The van der Waals surface area contributed by atoms with E-state index in [-0.39, 0.29) is 11.9 Å². The Kier molecular flexibility index (Phi) is 4.46. The van der Waals surface area contributed by atoms with Gasteiger partial charge < -0.3 is 14.4 Å². The number of pyridine rings is 1. The number of aromatic nitrogens is 1. The number of esters is 1. The number of amides is 1. The first-order chi connectivity index (χ1) is 11.6. The molecule has 2 aromatic rings. The van der Waals surface area contributed by atoms with Gasteiger partial charge >= 0.3 is 5.97 Å². The first kappa shape index (κ1) is 16.0. The lowest BCUT2D eigenvalue weighted by molar-refractivity contribution is -0.134. The van der Waals surface area contributed by atoms with Gasteiger partial charge in [-0.1, -0.05) is 12.1 Å². The largest absolute Gasteiger partial charge is 0.497 e. The zero-order chi connectivity index (χ0) is 17.1. The molecule has 124 valence electrons. The summed E-state index contributed by atoms with van der Waals surface area (Å²) in [6.07, 6.45) is 2.68. The van der Waals surface area contributed by atoms with Crippen molar-refractivity contribution in [2.45, 2.75) is 18.6 Å². The highest BCUT2D eigenvalue weighted by Crippen LogP contribution is 2.34. The molecule has 3 rings (SSSR count). The Hall–Kier alpha value is -2.89. The highest BCUT2D eigenvalue weighted by molar-refractivity contribution is 5.92. The molecule has 0 radical (unpaired) electrons. The Bertz CT molecular complexity index is 730. The van der Waals surface area contributed by atoms with Crippen LogP contribution in [0.25, 0.3) is 0 Å². The van der Waals surface area contributed by atoms with E-state index in [1.807, 2.05) is 24.3 Å². The molecule has 1 saturated heterocycles. The lowest BCUT2D eigenvalue weighted by Crippen LogP contribution is -2.30. The molecule has 1 fully saturated rings. The molecule has 1 aromatic heterocycles. The molecule has 1 amide bonds. The van der Waals surface area contributed by atoms with Gasteiger partial charge in [-0.3, -0.25) is 9.78 Å². The van der Waals surface area contributed by atoms with Gasteiger partial charge in [0.05, 0.1) is 18.7 Å². The number of hydrogen-bond donors (Lipinski definition) is 0. The van der Waals surface area contributed by atoms with Gasteiger partial charge in [0.1, 0.15) is 5.75 Å². The van der Waals surface area contributed by atoms with Crippen LogP contribution in [0.15, 0.2) is 48.8 Å². The van der Waals surface area contributed by atoms with Gasteiger partial charge in [0, 0.05) is 25.9 Å². The predicted molar refractivity (Wildman–Crippen MR) is 86.6 cm³/mol. The molecular weight excluding hydrogens is 308 g/mol. The molecule has 2 atom stereocenters. The van der Waals surface area contributed by atoms with Gasteiger partial charge in [-0.05, 0) is 29.8 Å². The molecule has 0 saturated carbocycles. The fraction of sp³-hybridized carbons (Fsp3) is 0.278. The fourth-order valence-corrected chi connectivity index (χ4v) is 2.81. The average molecular weight is 326 g/mol. The number of nitrogens with zero attached hydrogens (tertiary/aromatic N) is 2. The lowest BCUT2D eigenvalue weighted by atomic mass is 10.0. The molecule has 6 nitrogen and oxygen atoms in total. The van der Waals surface area contributed by atoms with E-state index in [9.17, 15) is 9.59 Å². The molecule has 0 N–H and O–H groups in total. The number of rotatable bonds is 4. The molecule has 0 unspecified atom stereocenters. The van der Waals surface area contributed by atoms with Crippen LogP contribution in [-0.4, -0.2) is 42.0 Å². The van der Waals surface area contributed by atoms with Crippen molar-refractivity contribution in [2.75, 3.05) is 14.2 Å². The predicted octanol–water partition coefficient (Wildman–Crippen LogP) is 2.22. The zero-order valence-corrected chi connectivity index (χ0v) is 13.5. The molecule has 0 spiro atoms. The Labute approximate surface area is 140 Å². The van der Waals surface area contributed by atoms with Crippen molar-refractivity contribution < 1.29 is 19.1 Å². The maximum Gasteiger partial charge on any atom is 0.339 e. The molecule has 2 heterocycles. The van der Waals surface area contributed by atoms with E-state index in [2.05, 4.69) is 4.98 Å². The van der Waals surface area contributed by atoms with Crippen LogP contribution in [-0.2, 0) is 9.53 Å². The highest BCUT2D eigenvalue weighted by Gasteiger charge is 2.40. The van der Waals surface area contributed by atoms with Crippen LogP contribution < -0.4 is 4.74 Å². The number of carbonyl (C=O) groups excluding carboxylic acids is 2. The molecular formula is C18H18N2O4. The minimum absolute atomic E-state index is 0.126. The van der Waals surface area contributed by atoms with Crippen LogP contribution in [0.4, 0.5) is 0 Å². The maximum atomic E-state index is 12.4. The average Bonchev–Trinajstić information content (AvgIpc) is 2.91. The topological polar surface area (TPSA) is 68.7 Å². The van der Waals surface area contributed by atoms with Crippen molar-refractivity contribution in [1.82, 2.24) is 9.88 Å². The molecule has 0 aliphatic carbocycles. The highest BCUT2D eigenvalue weighted by atomic mass is 16.5. The van der Waals surface area contributed by atoms with E-state index in [1.54, 1.807) is 31.2 Å². The van der Waals surface area contributed by atoms with Crippen LogP contribution >= 0.6 is 0 Å². The molecule has 24 heavy (non-hydrogen) atoms. The smallest absolute Gasteiger partial charge is 0.339 e. The third kappa shape index (κ3) is 3.08. The number of likely N-dealkylation sites (N-methyl/N-ethyl adjacent to an activating group) is 1. The van der Waals surface area contributed by atoms with Gasteiger partial charge in [-0.2, -0.15) is 0 Å². The van der Waals surface area contributed by atoms with Crippen molar-refractivity contribution in [1.29, 1.82) is 0 Å². The molecule has 1 aromatic carbocycles. The summed E-state index contributed by atoms with van der Waals surface area (Å²) >= 11 is 0. The first-order valence-corrected chi connectivity index (χ1v) is 7.62. The van der Waals surface area contributed by atoms with Crippen LogP contribution in [0, 0.1) is 0 Å². The minimum atomic E-state index is -0.775. The van der Waals surface area contributed by atoms with Crippen molar-refractivity contribution in [3.05, 3.63) is 59.9 Å². The Morgan fingerprint density at radius 3 is 2.46 bits per heavy atom. The zero-order valence-electron chi connectivity index (χ0n) is 13.5. The van der Waals surface area contributed by atoms with E-state index in [0.717, 1.165) is 11.3 Å². The van der Waals surface area contributed by atoms with Crippen LogP contribution in [0.3, 0.4) is 0 Å². The SMILES string of the molecule is COc1ccc([C@@H]2C[C@H](OC(=O)c3ccncc3)C(=O)N2C)cc1. The summed E-state index contributed by atoms with van der Waals surface area (Å²) in [7, 11) is 3.33. The molecule has 0 bridgehead atoms. The minimum Gasteiger partial charge on any atom is -0.497 e. The van der Waals surface area contributed by atoms with E-state index in [1.165, 1.54) is 12.4 Å². The summed E-state index contributed by atoms with van der Waals surface area (Å²) in [5.74, 6) is 0.0455. The number of ether oxygens (including phenoxy) is 2. The van der Waals surface area contributed by atoms with Crippen LogP contribution in [0.5, 0.6) is 5.75 Å². The van der Waals surface area contributed by atoms with Gasteiger partial charge in [0.25, 0.3) is 5.91 Å². The third-order valence-electron chi connectivity index (χ3n) is 4.19. The Balaban J connectivity index is 1.72. The van der Waals surface area contributed by atoms with E-state index < -0.39 is 12.1 Å². The summed E-state index contributed by atoms with van der Waals surface area (Å²) in [4.78, 5) is 30.0. The molecule has 1 aliphatic heterocycles. The summed E-state index contributed by atoms with van der Waals surface area (Å²) < 4.78 is 10.5. The van der Waals surface area contributed by atoms with E-state index >= 15 is 0 Å². The second-order valence-corrected chi connectivity index (χ2v) is 5.60. The number of carbonyl (C=O) groups is 2. The number of hydrogen-bond acceptors (Lipinski definition) is 5. The number of methoxy groups -OCH3 is 1. The monoisotopic (exact) mass is 326 g/mol. The van der Waals surface area contributed by atoms with Crippen molar-refractivity contribution in [3.63, 3.8) is 0 Å². The van der Waals surface area contributed by atoms with Crippen LogP contribution in [0.2, 0.25) is 0 Å². The summed E-state index contributed by atoms with van der Waals surface area (Å²) in [6, 6.07) is 10.5.